The predicted molar refractivity (Wildman–Crippen MR) is 84.5 cm³/mol. The maximum absolute atomic E-state index is 5.76. The van der Waals surface area contributed by atoms with Crippen molar-refractivity contribution in [1.29, 1.82) is 0 Å². The predicted octanol–water partition coefficient (Wildman–Crippen LogP) is 3.10. The maximum atomic E-state index is 5.76. The van der Waals surface area contributed by atoms with Gasteiger partial charge >= 0.3 is 0 Å². The SMILES string of the molecule is CC(C)Cc1ccc(C(C)(C)CNCC(C)N)cc1. The number of hydrogen-bond acceptors (Lipinski definition) is 2. The number of rotatable bonds is 7. The molecule has 0 radical (unpaired) electrons. The van der Waals surface area contributed by atoms with Crippen molar-refractivity contribution in [2.45, 2.75) is 52.5 Å². The summed E-state index contributed by atoms with van der Waals surface area (Å²) in [5.41, 5.74) is 8.72. The topological polar surface area (TPSA) is 38.0 Å². The molecule has 0 saturated carbocycles. The molecule has 0 aliphatic carbocycles. The summed E-state index contributed by atoms with van der Waals surface area (Å²) >= 11 is 0. The molecular formula is C17H30N2. The number of nitrogens with one attached hydrogen (secondary N) is 1. The first-order valence-electron chi connectivity index (χ1n) is 7.37. The fraction of sp³-hybridized carbons (Fsp3) is 0.647. The zero-order valence-corrected chi connectivity index (χ0v) is 13.2. The van der Waals surface area contributed by atoms with E-state index in [0.29, 0.717) is 5.92 Å². The Morgan fingerprint density at radius 3 is 2.16 bits per heavy atom. The Balaban J connectivity index is 2.62. The molecule has 0 spiro atoms. The molecule has 0 saturated heterocycles. The van der Waals surface area contributed by atoms with Crippen LogP contribution in [0.15, 0.2) is 24.3 Å². The van der Waals surface area contributed by atoms with Gasteiger partial charge in [-0.3, -0.25) is 0 Å². The first-order valence-corrected chi connectivity index (χ1v) is 7.37. The fourth-order valence-electron chi connectivity index (χ4n) is 2.28. The van der Waals surface area contributed by atoms with Gasteiger partial charge in [0.1, 0.15) is 0 Å². The molecule has 1 rings (SSSR count). The highest BCUT2D eigenvalue weighted by Gasteiger charge is 2.20. The molecular weight excluding hydrogens is 232 g/mol. The molecule has 1 unspecified atom stereocenters. The van der Waals surface area contributed by atoms with Crippen LogP contribution in [0.4, 0.5) is 0 Å². The molecule has 1 aromatic carbocycles. The van der Waals surface area contributed by atoms with Gasteiger partial charge in [0.05, 0.1) is 0 Å². The van der Waals surface area contributed by atoms with Gasteiger partial charge in [0.25, 0.3) is 0 Å². The van der Waals surface area contributed by atoms with Gasteiger partial charge in [-0.1, -0.05) is 52.0 Å². The molecule has 0 aliphatic heterocycles. The van der Waals surface area contributed by atoms with Crippen molar-refractivity contribution in [3.8, 4) is 0 Å². The average Bonchev–Trinajstić information content (AvgIpc) is 2.28. The van der Waals surface area contributed by atoms with E-state index in [0.717, 1.165) is 19.5 Å². The number of nitrogens with two attached hydrogens (primary N) is 1. The summed E-state index contributed by atoms with van der Waals surface area (Å²) in [7, 11) is 0. The van der Waals surface area contributed by atoms with E-state index < -0.39 is 0 Å². The maximum Gasteiger partial charge on any atom is 0.0136 e. The van der Waals surface area contributed by atoms with Gasteiger partial charge in [0, 0.05) is 24.5 Å². The van der Waals surface area contributed by atoms with Gasteiger partial charge in [0.2, 0.25) is 0 Å². The summed E-state index contributed by atoms with van der Waals surface area (Å²) < 4.78 is 0. The molecule has 108 valence electrons. The van der Waals surface area contributed by atoms with Crippen LogP contribution in [0, 0.1) is 5.92 Å². The van der Waals surface area contributed by atoms with Crippen molar-refractivity contribution in [3.63, 3.8) is 0 Å². The quantitative estimate of drug-likeness (QED) is 0.792. The molecule has 1 atom stereocenters. The van der Waals surface area contributed by atoms with E-state index in [1.165, 1.54) is 11.1 Å². The zero-order valence-electron chi connectivity index (χ0n) is 13.2. The van der Waals surface area contributed by atoms with E-state index in [2.05, 4.69) is 57.3 Å². The van der Waals surface area contributed by atoms with Crippen LogP contribution in [0.25, 0.3) is 0 Å². The molecule has 0 amide bonds. The standard InChI is InChI=1S/C17H30N2/c1-13(2)10-15-6-8-16(9-7-15)17(4,5)12-19-11-14(3)18/h6-9,13-14,19H,10-12,18H2,1-5H3. The Kier molecular flexibility index (Phi) is 6.02. The Hall–Kier alpha value is -0.860. The highest BCUT2D eigenvalue weighted by molar-refractivity contribution is 5.28. The normalized spacial score (nSPS) is 13.8. The van der Waals surface area contributed by atoms with Crippen LogP contribution < -0.4 is 11.1 Å². The van der Waals surface area contributed by atoms with Crippen molar-refractivity contribution < 1.29 is 0 Å². The Morgan fingerprint density at radius 2 is 1.68 bits per heavy atom. The summed E-state index contributed by atoms with van der Waals surface area (Å²) in [6.07, 6.45) is 1.16. The van der Waals surface area contributed by atoms with Crippen molar-refractivity contribution in [2.75, 3.05) is 13.1 Å². The van der Waals surface area contributed by atoms with E-state index in [9.17, 15) is 0 Å². The monoisotopic (exact) mass is 262 g/mol. The Bertz CT molecular complexity index is 363. The summed E-state index contributed by atoms with van der Waals surface area (Å²) in [6.45, 7) is 12.9. The largest absolute Gasteiger partial charge is 0.327 e. The first kappa shape index (κ1) is 16.2. The molecule has 19 heavy (non-hydrogen) atoms. The third-order valence-electron chi connectivity index (χ3n) is 3.41. The van der Waals surface area contributed by atoms with Crippen LogP contribution in [0.3, 0.4) is 0 Å². The van der Waals surface area contributed by atoms with Crippen LogP contribution >= 0.6 is 0 Å². The number of hydrogen-bond donors (Lipinski definition) is 2. The van der Waals surface area contributed by atoms with Crippen LogP contribution in [0.2, 0.25) is 0 Å². The molecule has 1 aromatic rings. The molecule has 0 aromatic heterocycles. The van der Waals surface area contributed by atoms with E-state index in [-0.39, 0.29) is 11.5 Å². The molecule has 0 heterocycles. The minimum Gasteiger partial charge on any atom is -0.327 e. The fourth-order valence-corrected chi connectivity index (χ4v) is 2.28. The minimum absolute atomic E-state index is 0.144. The third kappa shape index (κ3) is 5.75. The number of benzene rings is 1. The van der Waals surface area contributed by atoms with Crippen LogP contribution in [-0.4, -0.2) is 19.1 Å². The summed E-state index contributed by atoms with van der Waals surface area (Å²) in [5.74, 6) is 0.714. The van der Waals surface area contributed by atoms with Crippen LogP contribution in [0.5, 0.6) is 0 Å². The molecule has 2 heteroatoms. The third-order valence-corrected chi connectivity index (χ3v) is 3.41. The van der Waals surface area contributed by atoms with Crippen molar-refractivity contribution in [1.82, 2.24) is 5.32 Å². The first-order chi connectivity index (χ1) is 8.81. The van der Waals surface area contributed by atoms with Crippen molar-refractivity contribution >= 4 is 0 Å². The van der Waals surface area contributed by atoms with Gasteiger partial charge in [-0.05, 0) is 30.4 Å². The lowest BCUT2D eigenvalue weighted by atomic mass is 9.84. The second-order valence-corrected chi connectivity index (χ2v) is 6.79. The lowest BCUT2D eigenvalue weighted by Gasteiger charge is -2.26. The Labute approximate surface area is 118 Å². The second kappa shape index (κ2) is 7.06. The van der Waals surface area contributed by atoms with Crippen molar-refractivity contribution in [3.05, 3.63) is 35.4 Å². The smallest absolute Gasteiger partial charge is 0.0136 e. The average molecular weight is 262 g/mol. The molecule has 3 N–H and O–H groups in total. The van der Waals surface area contributed by atoms with Crippen LogP contribution in [0.1, 0.15) is 45.7 Å². The van der Waals surface area contributed by atoms with Gasteiger partial charge in [-0.25, -0.2) is 0 Å². The van der Waals surface area contributed by atoms with E-state index in [1.807, 2.05) is 6.92 Å². The lowest BCUT2D eigenvalue weighted by molar-refractivity contribution is 0.458. The van der Waals surface area contributed by atoms with E-state index in [1.54, 1.807) is 0 Å². The summed E-state index contributed by atoms with van der Waals surface area (Å²) in [6, 6.07) is 9.28. The summed E-state index contributed by atoms with van der Waals surface area (Å²) in [5, 5.41) is 3.45. The minimum atomic E-state index is 0.144. The molecule has 0 bridgehead atoms. The van der Waals surface area contributed by atoms with E-state index in [4.69, 9.17) is 5.73 Å². The lowest BCUT2D eigenvalue weighted by Crippen LogP contribution is -2.38. The molecule has 0 aliphatic rings. The van der Waals surface area contributed by atoms with Gasteiger partial charge in [0.15, 0.2) is 0 Å². The zero-order chi connectivity index (χ0) is 14.5. The van der Waals surface area contributed by atoms with Gasteiger partial charge in [-0.15, -0.1) is 0 Å². The highest BCUT2D eigenvalue weighted by Crippen LogP contribution is 2.23. The van der Waals surface area contributed by atoms with Crippen molar-refractivity contribution in [2.24, 2.45) is 11.7 Å². The van der Waals surface area contributed by atoms with E-state index >= 15 is 0 Å². The highest BCUT2D eigenvalue weighted by atomic mass is 14.9. The molecule has 0 fully saturated rings. The van der Waals surface area contributed by atoms with Gasteiger partial charge in [-0.2, -0.15) is 0 Å². The van der Waals surface area contributed by atoms with Gasteiger partial charge < -0.3 is 11.1 Å². The second-order valence-electron chi connectivity index (χ2n) is 6.79. The van der Waals surface area contributed by atoms with Crippen LogP contribution in [-0.2, 0) is 11.8 Å². The Morgan fingerprint density at radius 1 is 1.11 bits per heavy atom. The molecule has 2 nitrogen and oxygen atoms in total. The summed E-state index contributed by atoms with van der Waals surface area (Å²) in [4.78, 5) is 0.